The third kappa shape index (κ3) is 6.47. The molecule has 0 aliphatic heterocycles. The molecule has 0 spiro atoms. The summed E-state index contributed by atoms with van der Waals surface area (Å²) in [6.07, 6.45) is -3.41. The lowest BCUT2D eigenvalue weighted by Crippen LogP contribution is -2.34. The number of rotatable bonds is 10. The summed E-state index contributed by atoms with van der Waals surface area (Å²) in [5.41, 5.74) is -2.32. The van der Waals surface area contributed by atoms with Gasteiger partial charge in [0.1, 0.15) is 11.3 Å². The summed E-state index contributed by atoms with van der Waals surface area (Å²) in [4.78, 5) is 12.5. The van der Waals surface area contributed by atoms with Crippen LogP contribution < -0.4 is 15.6 Å². The molecule has 1 heterocycles. The van der Waals surface area contributed by atoms with E-state index >= 15 is 0 Å². The van der Waals surface area contributed by atoms with Crippen LogP contribution in [0, 0.1) is 0 Å². The third-order valence-corrected chi connectivity index (χ3v) is 4.04. The second kappa shape index (κ2) is 10.3. The topological polar surface area (TPSA) is 85.6 Å². The molecule has 7 nitrogen and oxygen atoms in total. The number of alkyl halides is 3. The number of halogens is 3. The molecule has 0 saturated carbocycles. The highest BCUT2D eigenvalue weighted by atomic mass is 19.4. The fraction of sp³-hybridized carbons (Fsp3) is 0.474. The van der Waals surface area contributed by atoms with Gasteiger partial charge in [0, 0.05) is 19.3 Å². The van der Waals surface area contributed by atoms with Crippen LogP contribution >= 0.6 is 0 Å². The van der Waals surface area contributed by atoms with E-state index in [0.717, 1.165) is 10.9 Å². The molecule has 0 aliphatic carbocycles. The number of aliphatic hydroxyl groups is 1. The number of methoxy groups -OCH3 is 1. The van der Waals surface area contributed by atoms with Crippen molar-refractivity contribution in [3.05, 3.63) is 51.9 Å². The SMILES string of the molecule is COc1ccc(Cn2ncc(NC(C)COCCCO)c(C(F)(F)F)c2=O)cc1. The van der Waals surface area contributed by atoms with Gasteiger partial charge < -0.3 is 19.9 Å². The summed E-state index contributed by atoms with van der Waals surface area (Å²) in [7, 11) is 1.50. The molecule has 0 radical (unpaired) electrons. The van der Waals surface area contributed by atoms with E-state index in [1.165, 1.54) is 7.11 Å². The van der Waals surface area contributed by atoms with Crippen LogP contribution in [0.25, 0.3) is 0 Å². The molecule has 1 atom stereocenters. The van der Waals surface area contributed by atoms with Gasteiger partial charge in [0.25, 0.3) is 5.56 Å². The van der Waals surface area contributed by atoms with E-state index in [2.05, 4.69) is 10.4 Å². The predicted octanol–water partition coefficient (Wildman–Crippen LogP) is 2.52. The summed E-state index contributed by atoms with van der Waals surface area (Å²) in [6, 6.07) is 6.11. The number of aliphatic hydroxyl groups excluding tert-OH is 1. The van der Waals surface area contributed by atoms with Crippen LogP contribution in [0.3, 0.4) is 0 Å². The van der Waals surface area contributed by atoms with Crippen molar-refractivity contribution in [1.29, 1.82) is 0 Å². The van der Waals surface area contributed by atoms with Crippen molar-refractivity contribution >= 4 is 5.69 Å². The fourth-order valence-electron chi connectivity index (χ4n) is 2.62. The van der Waals surface area contributed by atoms with E-state index in [1.807, 2.05) is 0 Å². The number of nitrogens with one attached hydrogen (secondary N) is 1. The molecule has 2 rings (SSSR count). The number of benzene rings is 1. The standard InChI is InChI=1S/C19H24F3N3O4/c1-13(12-29-9-3-8-26)24-16-10-23-25(18(27)17(16)19(20,21)22)11-14-4-6-15(28-2)7-5-14/h4-7,10,13,24,26H,3,8-9,11-12H2,1-2H3. The highest BCUT2D eigenvalue weighted by Gasteiger charge is 2.38. The summed E-state index contributed by atoms with van der Waals surface area (Å²) in [6.45, 7) is 1.90. The van der Waals surface area contributed by atoms with Gasteiger partial charge in [-0.3, -0.25) is 4.79 Å². The minimum absolute atomic E-state index is 0.0314. The number of anilines is 1. The molecule has 2 aromatic rings. The van der Waals surface area contributed by atoms with Crippen LogP contribution in [-0.4, -0.2) is 47.9 Å². The van der Waals surface area contributed by atoms with E-state index in [1.54, 1.807) is 31.2 Å². The average Bonchev–Trinajstić information content (AvgIpc) is 2.67. The molecule has 1 aromatic heterocycles. The van der Waals surface area contributed by atoms with Gasteiger partial charge in [0.2, 0.25) is 0 Å². The van der Waals surface area contributed by atoms with Crippen molar-refractivity contribution in [3.8, 4) is 5.75 Å². The Morgan fingerprint density at radius 3 is 2.55 bits per heavy atom. The lowest BCUT2D eigenvalue weighted by atomic mass is 10.2. The molecule has 1 unspecified atom stereocenters. The lowest BCUT2D eigenvalue weighted by molar-refractivity contribution is -0.138. The molecule has 0 bridgehead atoms. The number of ether oxygens (including phenoxy) is 2. The number of hydrogen-bond acceptors (Lipinski definition) is 6. The van der Waals surface area contributed by atoms with Crippen molar-refractivity contribution in [2.45, 2.75) is 32.1 Å². The van der Waals surface area contributed by atoms with Crippen molar-refractivity contribution < 1.29 is 27.8 Å². The molecule has 0 amide bonds. The Morgan fingerprint density at radius 1 is 1.28 bits per heavy atom. The highest BCUT2D eigenvalue weighted by Crippen LogP contribution is 2.32. The van der Waals surface area contributed by atoms with Crippen molar-refractivity contribution in [2.24, 2.45) is 0 Å². The molecule has 2 N–H and O–H groups in total. The lowest BCUT2D eigenvalue weighted by Gasteiger charge is -2.19. The number of nitrogens with zero attached hydrogens (tertiary/aromatic N) is 2. The van der Waals surface area contributed by atoms with Crippen LogP contribution in [-0.2, 0) is 17.5 Å². The zero-order valence-corrected chi connectivity index (χ0v) is 16.2. The Balaban J connectivity index is 2.23. The van der Waals surface area contributed by atoms with E-state index in [0.29, 0.717) is 17.7 Å². The monoisotopic (exact) mass is 415 g/mol. The van der Waals surface area contributed by atoms with Gasteiger partial charge in [0.15, 0.2) is 0 Å². The largest absolute Gasteiger partial charge is 0.497 e. The van der Waals surface area contributed by atoms with Gasteiger partial charge in [-0.15, -0.1) is 0 Å². The Bertz CT molecular complexity index is 838. The van der Waals surface area contributed by atoms with Gasteiger partial charge in [-0.1, -0.05) is 12.1 Å². The van der Waals surface area contributed by atoms with Crippen molar-refractivity contribution in [2.75, 3.05) is 32.2 Å². The maximum Gasteiger partial charge on any atom is 0.423 e. The minimum Gasteiger partial charge on any atom is -0.497 e. The van der Waals surface area contributed by atoms with E-state index in [9.17, 15) is 18.0 Å². The molecule has 10 heteroatoms. The first-order valence-corrected chi connectivity index (χ1v) is 9.01. The predicted molar refractivity (Wildman–Crippen MR) is 101 cm³/mol. The van der Waals surface area contributed by atoms with Crippen LogP contribution in [0.5, 0.6) is 5.75 Å². The number of hydrogen-bond donors (Lipinski definition) is 2. The van der Waals surface area contributed by atoms with Crippen LogP contribution in [0.1, 0.15) is 24.5 Å². The van der Waals surface area contributed by atoms with Crippen molar-refractivity contribution in [1.82, 2.24) is 9.78 Å². The third-order valence-electron chi connectivity index (χ3n) is 4.04. The average molecular weight is 415 g/mol. The first-order valence-electron chi connectivity index (χ1n) is 9.01. The van der Waals surface area contributed by atoms with Gasteiger partial charge in [-0.05, 0) is 31.0 Å². The van der Waals surface area contributed by atoms with Gasteiger partial charge >= 0.3 is 6.18 Å². The smallest absolute Gasteiger partial charge is 0.423 e. The Hall–Kier alpha value is -2.59. The quantitative estimate of drug-likeness (QED) is 0.580. The van der Waals surface area contributed by atoms with Crippen LogP contribution in [0.2, 0.25) is 0 Å². The summed E-state index contributed by atoms with van der Waals surface area (Å²) < 4.78 is 51.8. The van der Waals surface area contributed by atoms with Crippen LogP contribution in [0.4, 0.5) is 18.9 Å². The minimum atomic E-state index is -4.85. The summed E-state index contributed by atoms with van der Waals surface area (Å²) in [5, 5.41) is 15.2. The maximum atomic E-state index is 13.6. The zero-order valence-electron chi connectivity index (χ0n) is 16.2. The molecule has 0 fully saturated rings. The first kappa shape index (κ1) is 22.7. The fourth-order valence-corrected chi connectivity index (χ4v) is 2.62. The van der Waals surface area contributed by atoms with Gasteiger partial charge in [-0.2, -0.15) is 18.3 Å². The maximum absolute atomic E-state index is 13.6. The first-order chi connectivity index (χ1) is 13.8. The van der Waals surface area contributed by atoms with Crippen molar-refractivity contribution in [3.63, 3.8) is 0 Å². The Labute approximate surface area is 166 Å². The molecule has 160 valence electrons. The highest BCUT2D eigenvalue weighted by molar-refractivity contribution is 5.50. The molecular formula is C19H24F3N3O4. The van der Waals surface area contributed by atoms with E-state index in [4.69, 9.17) is 14.6 Å². The van der Waals surface area contributed by atoms with E-state index < -0.39 is 29.0 Å². The Kier molecular flexibility index (Phi) is 8.03. The second-order valence-corrected chi connectivity index (χ2v) is 6.44. The molecule has 0 aliphatic rings. The molecular weight excluding hydrogens is 391 g/mol. The normalized spacial score (nSPS) is 12.6. The summed E-state index contributed by atoms with van der Waals surface area (Å²) in [5.74, 6) is 0.597. The molecule has 29 heavy (non-hydrogen) atoms. The Morgan fingerprint density at radius 2 is 1.97 bits per heavy atom. The van der Waals surface area contributed by atoms with Gasteiger partial charge in [-0.25, -0.2) is 4.68 Å². The van der Waals surface area contributed by atoms with E-state index in [-0.39, 0.29) is 26.4 Å². The molecule has 0 saturated heterocycles. The number of aromatic nitrogens is 2. The van der Waals surface area contributed by atoms with Crippen LogP contribution in [0.15, 0.2) is 35.3 Å². The second-order valence-electron chi connectivity index (χ2n) is 6.44. The molecule has 1 aromatic carbocycles. The zero-order chi connectivity index (χ0) is 21.4. The van der Waals surface area contributed by atoms with Gasteiger partial charge in [0.05, 0.1) is 32.1 Å². The summed E-state index contributed by atoms with van der Waals surface area (Å²) >= 11 is 0.